The predicted octanol–water partition coefficient (Wildman–Crippen LogP) is 5.04. The first-order valence-electron chi connectivity index (χ1n) is 7.90. The van der Waals surface area contributed by atoms with Crippen molar-refractivity contribution in [2.45, 2.75) is 85.4 Å². The molecule has 0 aromatic carbocycles. The smallest absolute Gasteiger partial charge is 0.0666 e. The molecule has 5 unspecified atom stereocenters. The summed E-state index contributed by atoms with van der Waals surface area (Å²) < 4.78 is 6.55. The van der Waals surface area contributed by atoms with Gasteiger partial charge in [0, 0.05) is 0 Å². The summed E-state index contributed by atoms with van der Waals surface area (Å²) in [6, 6.07) is 0. The second-order valence-electron chi connectivity index (χ2n) is 8.27. The van der Waals surface area contributed by atoms with Crippen LogP contribution in [0.4, 0.5) is 0 Å². The fourth-order valence-corrected chi connectivity index (χ4v) is 3.99. The number of hydrogen-bond acceptors (Lipinski definition) is 1. The summed E-state index contributed by atoms with van der Waals surface area (Å²) in [6.07, 6.45) is 7.39. The zero-order valence-corrected chi connectivity index (χ0v) is 13.3. The summed E-state index contributed by atoms with van der Waals surface area (Å²) in [6.45, 7) is 13.9. The van der Waals surface area contributed by atoms with Crippen LogP contribution in [0.5, 0.6) is 0 Å². The van der Waals surface area contributed by atoms with Crippen LogP contribution in [0.15, 0.2) is 0 Å². The fraction of sp³-hybridized carbons (Fsp3) is 1.00. The van der Waals surface area contributed by atoms with E-state index in [0.29, 0.717) is 11.5 Å². The third-order valence-electron chi connectivity index (χ3n) is 5.54. The second-order valence-corrected chi connectivity index (χ2v) is 8.27. The van der Waals surface area contributed by atoms with Gasteiger partial charge in [0.05, 0.1) is 11.7 Å². The largest absolute Gasteiger partial charge is 0.372 e. The Morgan fingerprint density at radius 2 is 1.78 bits per heavy atom. The van der Waals surface area contributed by atoms with Crippen molar-refractivity contribution in [1.82, 2.24) is 0 Å². The standard InChI is InChI=1S/C17H32O/c1-12-7-8-14(11-12)15(18-16(3,4)5)17(6)10-9-13(17)2/h12-15H,7-11H2,1-6H3. The minimum Gasteiger partial charge on any atom is -0.372 e. The molecular weight excluding hydrogens is 220 g/mol. The average Bonchev–Trinajstić information content (AvgIpc) is 2.68. The van der Waals surface area contributed by atoms with E-state index >= 15 is 0 Å². The Morgan fingerprint density at radius 3 is 2.11 bits per heavy atom. The molecule has 2 rings (SSSR count). The lowest BCUT2D eigenvalue weighted by Gasteiger charge is -2.54. The highest BCUT2D eigenvalue weighted by Gasteiger charge is 2.51. The molecule has 2 aliphatic carbocycles. The molecule has 0 aromatic rings. The molecule has 0 spiro atoms. The topological polar surface area (TPSA) is 9.23 Å². The van der Waals surface area contributed by atoms with Gasteiger partial charge >= 0.3 is 0 Å². The summed E-state index contributed by atoms with van der Waals surface area (Å²) in [4.78, 5) is 0. The molecule has 5 atom stereocenters. The summed E-state index contributed by atoms with van der Waals surface area (Å²) in [7, 11) is 0. The van der Waals surface area contributed by atoms with Crippen molar-refractivity contribution in [3.05, 3.63) is 0 Å². The first-order chi connectivity index (χ1) is 8.22. The average molecular weight is 252 g/mol. The van der Waals surface area contributed by atoms with E-state index in [0.717, 1.165) is 17.8 Å². The molecule has 1 nitrogen and oxygen atoms in total. The van der Waals surface area contributed by atoms with Gasteiger partial charge in [0.2, 0.25) is 0 Å². The van der Waals surface area contributed by atoms with Crippen LogP contribution in [0.25, 0.3) is 0 Å². The third kappa shape index (κ3) is 2.76. The Bertz CT molecular complexity index is 290. The monoisotopic (exact) mass is 252 g/mol. The summed E-state index contributed by atoms with van der Waals surface area (Å²) >= 11 is 0. The quantitative estimate of drug-likeness (QED) is 0.683. The molecule has 0 amide bonds. The van der Waals surface area contributed by atoms with Gasteiger partial charge in [-0.25, -0.2) is 0 Å². The van der Waals surface area contributed by atoms with E-state index in [2.05, 4.69) is 41.5 Å². The molecule has 0 saturated heterocycles. The van der Waals surface area contributed by atoms with E-state index in [1.165, 1.54) is 32.1 Å². The van der Waals surface area contributed by atoms with Gasteiger partial charge in [0.1, 0.15) is 0 Å². The second kappa shape index (κ2) is 4.81. The van der Waals surface area contributed by atoms with Crippen LogP contribution in [0.3, 0.4) is 0 Å². The molecule has 2 aliphatic rings. The molecule has 0 aromatic heterocycles. The Morgan fingerprint density at radius 1 is 1.11 bits per heavy atom. The molecule has 18 heavy (non-hydrogen) atoms. The zero-order chi connectivity index (χ0) is 13.6. The molecule has 1 heteroatoms. The lowest BCUT2D eigenvalue weighted by Crippen LogP contribution is -2.52. The minimum atomic E-state index is -0.00514. The first kappa shape index (κ1) is 14.4. The van der Waals surface area contributed by atoms with Crippen LogP contribution < -0.4 is 0 Å². The highest BCUT2D eigenvalue weighted by molar-refractivity contribution is 5.00. The maximum absolute atomic E-state index is 6.55. The molecule has 2 saturated carbocycles. The number of ether oxygens (including phenoxy) is 1. The molecule has 0 radical (unpaired) electrons. The van der Waals surface area contributed by atoms with E-state index in [9.17, 15) is 0 Å². The summed E-state index contributed by atoms with van der Waals surface area (Å²) in [5.41, 5.74) is 0.427. The number of hydrogen-bond donors (Lipinski definition) is 0. The van der Waals surface area contributed by atoms with Crippen LogP contribution in [-0.2, 0) is 4.74 Å². The maximum atomic E-state index is 6.55. The van der Waals surface area contributed by atoms with Gasteiger partial charge in [0.15, 0.2) is 0 Å². The van der Waals surface area contributed by atoms with E-state index in [1.807, 2.05) is 0 Å². The van der Waals surface area contributed by atoms with Crippen LogP contribution >= 0.6 is 0 Å². The van der Waals surface area contributed by atoms with Crippen LogP contribution in [-0.4, -0.2) is 11.7 Å². The number of rotatable bonds is 3. The molecule has 0 bridgehead atoms. The van der Waals surface area contributed by atoms with Gasteiger partial charge in [-0.05, 0) is 69.6 Å². The molecule has 0 N–H and O–H groups in total. The van der Waals surface area contributed by atoms with Crippen LogP contribution in [0.2, 0.25) is 0 Å². The van der Waals surface area contributed by atoms with Crippen molar-refractivity contribution in [2.75, 3.05) is 0 Å². The Labute approximate surface area is 114 Å². The summed E-state index contributed by atoms with van der Waals surface area (Å²) in [5, 5.41) is 0. The van der Waals surface area contributed by atoms with Crippen LogP contribution in [0, 0.1) is 23.2 Å². The fourth-order valence-electron chi connectivity index (χ4n) is 3.99. The van der Waals surface area contributed by atoms with Crippen molar-refractivity contribution in [3.8, 4) is 0 Å². The molecule has 0 heterocycles. The lowest BCUT2D eigenvalue weighted by atomic mass is 9.56. The van der Waals surface area contributed by atoms with Gasteiger partial charge in [-0.15, -0.1) is 0 Å². The predicted molar refractivity (Wildman–Crippen MR) is 77.6 cm³/mol. The Kier molecular flexibility index (Phi) is 3.84. The lowest BCUT2D eigenvalue weighted by molar-refractivity contribution is -0.180. The van der Waals surface area contributed by atoms with Gasteiger partial charge in [-0.3, -0.25) is 0 Å². The molecular formula is C17H32O. The van der Waals surface area contributed by atoms with E-state index in [-0.39, 0.29) is 5.60 Å². The van der Waals surface area contributed by atoms with Gasteiger partial charge in [-0.1, -0.05) is 27.2 Å². The SMILES string of the molecule is CC1CCC(C(OC(C)(C)C)C2(C)CCC2C)C1. The van der Waals surface area contributed by atoms with Crippen molar-refractivity contribution < 1.29 is 4.74 Å². The first-order valence-corrected chi connectivity index (χ1v) is 7.90. The molecule has 0 aliphatic heterocycles. The van der Waals surface area contributed by atoms with E-state index < -0.39 is 0 Å². The van der Waals surface area contributed by atoms with Crippen molar-refractivity contribution in [2.24, 2.45) is 23.2 Å². The van der Waals surface area contributed by atoms with Gasteiger partial charge in [-0.2, -0.15) is 0 Å². The zero-order valence-electron chi connectivity index (χ0n) is 13.3. The normalized spacial score (nSPS) is 42.7. The van der Waals surface area contributed by atoms with Gasteiger partial charge < -0.3 is 4.74 Å². The maximum Gasteiger partial charge on any atom is 0.0666 e. The van der Waals surface area contributed by atoms with Crippen LogP contribution in [0.1, 0.15) is 73.6 Å². The molecule has 2 fully saturated rings. The minimum absolute atomic E-state index is 0.00514. The van der Waals surface area contributed by atoms with Gasteiger partial charge in [0.25, 0.3) is 0 Å². The van der Waals surface area contributed by atoms with Crippen molar-refractivity contribution >= 4 is 0 Å². The van der Waals surface area contributed by atoms with Crippen molar-refractivity contribution in [1.29, 1.82) is 0 Å². The highest BCUT2D eigenvalue weighted by Crippen LogP contribution is 2.54. The van der Waals surface area contributed by atoms with Crippen molar-refractivity contribution in [3.63, 3.8) is 0 Å². The summed E-state index contributed by atoms with van der Waals surface area (Å²) in [5.74, 6) is 2.53. The highest BCUT2D eigenvalue weighted by atomic mass is 16.5. The van der Waals surface area contributed by atoms with E-state index in [1.54, 1.807) is 0 Å². The third-order valence-corrected chi connectivity index (χ3v) is 5.54. The Hall–Kier alpha value is -0.0400. The van der Waals surface area contributed by atoms with E-state index in [4.69, 9.17) is 4.74 Å². The molecule has 106 valence electrons. The Balaban J connectivity index is 2.13.